The zero-order valence-corrected chi connectivity index (χ0v) is 16.1. The lowest BCUT2D eigenvalue weighted by atomic mass is 10.1. The van der Waals surface area contributed by atoms with Gasteiger partial charge in [0.2, 0.25) is 0 Å². The first kappa shape index (κ1) is 21.3. The van der Waals surface area contributed by atoms with Crippen LogP contribution >= 0.6 is 0 Å². The molecule has 0 spiro atoms. The van der Waals surface area contributed by atoms with Gasteiger partial charge in [-0.05, 0) is 44.5 Å². The largest absolute Gasteiger partial charge is 0.451 e. The molecular weight excluding hydrogens is 405 g/mol. The van der Waals surface area contributed by atoms with Crippen LogP contribution in [0.5, 0.6) is 0 Å². The van der Waals surface area contributed by atoms with Gasteiger partial charge in [-0.15, -0.1) is 0 Å². The van der Waals surface area contributed by atoms with Gasteiger partial charge in [0, 0.05) is 23.4 Å². The van der Waals surface area contributed by atoms with E-state index in [0.717, 1.165) is 6.07 Å². The Morgan fingerprint density at radius 3 is 2.53 bits per heavy atom. The second-order valence-electron chi connectivity index (χ2n) is 6.96. The molecule has 160 valence electrons. The Labute approximate surface area is 169 Å². The number of carbonyl (C=O) groups is 3. The zero-order valence-electron chi connectivity index (χ0n) is 16.1. The summed E-state index contributed by atoms with van der Waals surface area (Å²) in [5.74, 6) is -1.74. The first-order valence-electron chi connectivity index (χ1n) is 9.05. The Bertz CT molecular complexity index is 969. The van der Waals surface area contributed by atoms with Crippen molar-refractivity contribution in [1.82, 2.24) is 9.78 Å². The molecule has 11 heteroatoms. The molecule has 30 heavy (non-hydrogen) atoms. The van der Waals surface area contributed by atoms with E-state index in [2.05, 4.69) is 15.7 Å². The second kappa shape index (κ2) is 8.17. The lowest BCUT2D eigenvalue weighted by molar-refractivity contribution is -0.173. The highest BCUT2D eigenvalue weighted by Gasteiger charge is 2.45. The van der Waals surface area contributed by atoms with Crippen LogP contribution in [-0.2, 0) is 9.53 Å². The summed E-state index contributed by atoms with van der Waals surface area (Å²) >= 11 is 0. The molecule has 1 amide bonds. The van der Waals surface area contributed by atoms with Crippen LogP contribution in [0.2, 0.25) is 0 Å². The third-order valence-corrected chi connectivity index (χ3v) is 4.50. The average Bonchev–Trinajstić information content (AvgIpc) is 3.09. The molecule has 1 aliphatic rings. The summed E-state index contributed by atoms with van der Waals surface area (Å²) in [7, 11) is 0. The Kier molecular flexibility index (Phi) is 5.81. The van der Waals surface area contributed by atoms with Crippen molar-refractivity contribution >= 4 is 29.2 Å². The van der Waals surface area contributed by atoms with Crippen molar-refractivity contribution in [3.8, 4) is 0 Å². The summed E-state index contributed by atoms with van der Waals surface area (Å²) in [6, 6.07) is 4.95. The SMILES string of the molecule is CC(=O)c1ccc(NC(=O)COC(=O)c2cc3n(n2)[C@@H](C(F)(F)F)C[C@H](C)N3)cc1. The van der Waals surface area contributed by atoms with Crippen molar-refractivity contribution in [2.24, 2.45) is 0 Å². The zero-order chi connectivity index (χ0) is 22.1. The summed E-state index contributed by atoms with van der Waals surface area (Å²) in [5, 5.41) is 9.04. The van der Waals surface area contributed by atoms with Gasteiger partial charge in [0.15, 0.2) is 24.1 Å². The van der Waals surface area contributed by atoms with Gasteiger partial charge in [0.25, 0.3) is 5.91 Å². The monoisotopic (exact) mass is 424 g/mol. The van der Waals surface area contributed by atoms with Gasteiger partial charge >= 0.3 is 12.1 Å². The number of rotatable bonds is 5. The third kappa shape index (κ3) is 4.78. The standard InChI is InChI=1S/C19H19F3N4O4/c1-10-7-15(19(20,21)22)26-16(23-10)8-14(25-26)18(29)30-9-17(28)24-13-5-3-12(4-6-13)11(2)27/h3-6,8,10,15,23H,7,9H2,1-2H3,(H,24,28)/t10-,15+/m0/s1. The van der Waals surface area contributed by atoms with Crippen LogP contribution in [0, 0.1) is 0 Å². The number of esters is 1. The van der Waals surface area contributed by atoms with E-state index in [9.17, 15) is 27.6 Å². The minimum atomic E-state index is -4.52. The van der Waals surface area contributed by atoms with Gasteiger partial charge in [0.1, 0.15) is 5.82 Å². The molecule has 1 aromatic carbocycles. The van der Waals surface area contributed by atoms with Crippen LogP contribution in [0.4, 0.5) is 24.7 Å². The number of Topliss-reactive ketones (excluding diaryl/α,β-unsaturated/α-hetero) is 1. The quantitative estimate of drug-likeness (QED) is 0.565. The predicted octanol–water partition coefficient (Wildman–Crippen LogP) is 3.19. The van der Waals surface area contributed by atoms with E-state index in [-0.39, 0.29) is 23.7 Å². The number of hydrogen-bond acceptors (Lipinski definition) is 6. The van der Waals surface area contributed by atoms with E-state index in [1.807, 2.05) is 0 Å². The van der Waals surface area contributed by atoms with Crippen molar-refractivity contribution in [2.45, 2.75) is 38.5 Å². The molecule has 2 heterocycles. The Morgan fingerprint density at radius 2 is 1.93 bits per heavy atom. The van der Waals surface area contributed by atoms with Crippen molar-refractivity contribution in [1.29, 1.82) is 0 Å². The van der Waals surface area contributed by atoms with Crippen molar-refractivity contribution in [3.05, 3.63) is 41.6 Å². The van der Waals surface area contributed by atoms with Gasteiger partial charge in [-0.3, -0.25) is 9.59 Å². The first-order chi connectivity index (χ1) is 14.0. The number of hydrogen-bond donors (Lipinski definition) is 2. The summed E-state index contributed by atoms with van der Waals surface area (Å²) in [4.78, 5) is 35.3. The smallest absolute Gasteiger partial charge is 0.410 e. The molecule has 0 aliphatic carbocycles. The van der Waals surface area contributed by atoms with Crippen LogP contribution in [0.25, 0.3) is 0 Å². The molecule has 8 nitrogen and oxygen atoms in total. The highest BCUT2D eigenvalue weighted by Crippen LogP contribution is 2.39. The van der Waals surface area contributed by atoms with Gasteiger partial charge in [0.05, 0.1) is 0 Å². The molecule has 0 saturated heterocycles. The summed E-state index contributed by atoms with van der Waals surface area (Å²) in [5.41, 5.74) is 0.535. The fraction of sp³-hybridized carbons (Fsp3) is 0.368. The van der Waals surface area contributed by atoms with E-state index in [1.54, 1.807) is 6.92 Å². The number of carbonyl (C=O) groups excluding carboxylic acids is 3. The van der Waals surface area contributed by atoms with E-state index in [0.29, 0.717) is 15.9 Å². The number of fused-ring (bicyclic) bond motifs is 1. The van der Waals surface area contributed by atoms with Crippen molar-refractivity contribution < 1.29 is 32.3 Å². The van der Waals surface area contributed by atoms with Gasteiger partial charge in [-0.1, -0.05) is 0 Å². The molecule has 0 radical (unpaired) electrons. The summed E-state index contributed by atoms with van der Waals surface area (Å²) in [6.45, 7) is 2.36. The maximum atomic E-state index is 13.3. The minimum absolute atomic E-state index is 0.0537. The number of ketones is 1. The fourth-order valence-corrected chi connectivity index (χ4v) is 3.05. The molecule has 1 aromatic heterocycles. The van der Waals surface area contributed by atoms with E-state index >= 15 is 0 Å². The van der Waals surface area contributed by atoms with Crippen LogP contribution in [0.15, 0.2) is 30.3 Å². The number of benzene rings is 1. The number of aromatic nitrogens is 2. The molecule has 2 atom stereocenters. The van der Waals surface area contributed by atoms with Crippen molar-refractivity contribution in [3.63, 3.8) is 0 Å². The maximum absolute atomic E-state index is 13.3. The summed E-state index contributed by atoms with van der Waals surface area (Å²) < 4.78 is 45.3. The molecule has 0 bridgehead atoms. The van der Waals surface area contributed by atoms with Crippen LogP contribution in [0.1, 0.15) is 47.2 Å². The van der Waals surface area contributed by atoms with Crippen LogP contribution < -0.4 is 10.6 Å². The van der Waals surface area contributed by atoms with E-state index in [1.165, 1.54) is 31.2 Å². The van der Waals surface area contributed by atoms with Crippen LogP contribution in [-0.4, -0.2) is 46.3 Å². The number of nitrogens with one attached hydrogen (secondary N) is 2. The molecule has 0 unspecified atom stereocenters. The Balaban J connectivity index is 1.61. The van der Waals surface area contributed by atoms with Gasteiger partial charge < -0.3 is 15.4 Å². The molecule has 1 aliphatic heterocycles. The minimum Gasteiger partial charge on any atom is -0.451 e. The average molecular weight is 424 g/mol. The molecule has 2 aromatic rings. The molecule has 0 saturated carbocycles. The number of anilines is 2. The van der Waals surface area contributed by atoms with E-state index < -0.39 is 36.7 Å². The number of halogens is 3. The van der Waals surface area contributed by atoms with Crippen LogP contribution in [0.3, 0.4) is 0 Å². The van der Waals surface area contributed by atoms with Gasteiger partial charge in [-0.25, -0.2) is 9.48 Å². The number of amides is 1. The second-order valence-corrected chi connectivity index (χ2v) is 6.96. The van der Waals surface area contributed by atoms with Gasteiger partial charge in [-0.2, -0.15) is 18.3 Å². The Hall–Kier alpha value is -3.37. The highest BCUT2D eigenvalue weighted by atomic mass is 19.4. The lowest BCUT2D eigenvalue weighted by Crippen LogP contribution is -2.37. The number of ether oxygens (including phenoxy) is 1. The topological polar surface area (TPSA) is 102 Å². The highest BCUT2D eigenvalue weighted by molar-refractivity contribution is 5.97. The lowest BCUT2D eigenvalue weighted by Gasteiger charge is -2.31. The maximum Gasteiger partial charge on any atom is 0.410 e. The molecule has 3 rings (SSSR count). The molecule has 2 N–H and O–H groups in total. The molecular formula is C19H19F3N4O4. The fourth-order valence-electron chi connectivity index (χ4n) is 3.05. The predicted molar refractivity (Wildman–Crippen MR) is 100 cm³/mol. The first-order valence-corrected chi connectivity index (χ1v) is 9.05. The van der Waals surface area contributed by atoms with Crippen molar-refractivity contribution in [2.75, 3.05) is 17.2 Å². The summed E-state index contributed by atoms with van der Waals surface area (Å²) in [6.07, 6.45) is -4.74. The third-order valence-electron chi connectivity index (χ3n) is 4.50. The van der Waals surface area contributed by atoms with E-state index in [4.69, 9.17) is 4.74 Å². The number of nitrogens with zero attached hydrogens (tertiary/aromatic N) is 2. The normalized spacial score (nSPS) is 18.2. The Morgan fingerprint density at radius 1 is 1.27 bits per heavy atom. The number of alkyl halides is 3. The molecule has 0 fully saturated rings.